The normalized spacial score (nSPS) is 28.9. The van der Waals surface area contributed by atoms with Gasteiger partial charge in [0.2, 0.25) is 0 Å². The van der Waals surface area contributed by atoms with Gasteiger partial charge in [-0.2, -0.15) is 0 Å². The molecule has 0 radical (unpaired) electrons. The van der Waals surface area contributed by atoms with E-state index in [-0.39, 0.29) is 0 Å². The van der Waals surface area contributed by atoms with Crippen LogP contribution in [-0.4, -0.2) is 43.3 Å². The number of ether oxygens (including phenoxy) is 2. The van der Waals surface area contributed by atoms with Gasteiger partial charge in [-0.25, -0.2) is 0 Å². The van der Waals surface area contributed by atoms with E-state index in [4.69, 9.17) is 9.47 Å². The summed E-state index contributed by atoms with van der Waals surface area (Å²) < 4.78 is 11.3. The largest absolute Gasteiger partial charge is 0.379 e. The first-order valence-corrected chi connectivity index (χ1v) is 6.89. The molecule has 1 aliphatic heterocycles. The molecule has 1 aromatic carbocycles. The summed E-state index contributed by atoms with van der Waals surface area (Å²) in [5, 5.41) is 0. The van der Waals surface area contributed by atoms with Gasteiger partial charge in [0.25, 0.3) is 0 Å². The van der Waals surface area contributed by atoms with Gasteiger partial charge in [0, 0.05) is 19.1 Å². The van der Waals surface area contributed by atoms with Gasteiger partial charge >= 0.3 is 0 Å². The fourth-order valence-corrected chi connectivity index (χ4v) is 2.70. The highest BCUT2D eigenvalue weighted by Gasteiger charge is 2.34. The van der Waals surface area contributed by atoms with Crippen LogP contribution < -0.4 is 0 Å². The summed E-state index contributed by atoms with van der Waals surface area (Å²) in [6.07, 6.45) is 2.83. The molecule has 3 rings (SSSR count). The van der Waals surface area contributed by atoms with Gasteiger partial charge in [-0.1, -0.05) is 30.3 Å². The van der Waals surface area contributed by atoms with Crippen LogP contribution in [0.3, 0.4) is 0 Å². The third-order valence-corrected chi connectivity index (χ3v) is 3.96. The van der Waals surface area contributed by atoms with E-state index < -0.39 is 0 Å². The van der Waals surface area contributed by atoms with Crippen molar-refractivity contribution in [1.82, 2.24) is 4.90 Å². The minimum Gasteiger partial charge on any atom is -0.379 e. The summed E-state index contributed by atoms with van der Waals surface area (Å²) >= 11 is 0. The van der Waals surface area contributed by atoms with Crippen LogP contribution in [0.2, 0.25) is 0 Å². The Bertz CT molecular complexity index is 356. The average molecular weight is 247 g/mol. The number of hydrogen-bond acceptors (Lipinski definition) is 3. The van der Waals surface area contributed by atoms with Crippen molar-refractivity contribution in [3.05, 3.63) is 35.9 Å². The summed E-state index contributed by atoms with van der Waals surface area (Å²) in [4.78, 5) is 2.55. The molecule has 1 heterocycles. The molecule has 0 N–H and O–H groups in total. The Morgan fingerprint density at radius 2 is 1.83 bits per heavy atom. The third kappa shape index (κ3) is 2.91. The second kappa shape index (κ2) is 5.83. The predicted octanol–water partition coefficient (Wildman–Crippen LogP) is 2.07. The number of morpholine rings is 1. The zero-order chi connectivity index (χ0) is 12.2. The van der Waals surface area contributed by atoms with Crippen LogP contribution in [0.5, 0.6) is 0 Å². The van der Waals surface area contributed by atoms with Gasteiger partial charge in [0.05, 0.1) is 25.9 Å². The molecule has 1 aliphatic carbocycles. The monoisotopic (exact) mass is 247 g/mol. The van der Waals surface area contributed by atoms with E-state index in [2.05, 4.69) is 29.2 Å². The maximum Gasteiger partial charge on any atom is 0.0720 e. The zero-order valence-electron chi connectivity index (χ0n) is 10.8. The van der Waals surface area contributed by atoms with E-state index in [9.17, 15) is 0 Å². The Morgan fingerprint density at radius 3 is 2.56 bits per heavy atom. The standard InChI is InChI=1S/C15H21NO2/c1-2-4-13(5-3-1)12-18-15-10-14(11-15)16-6-8-17-9-7-16/h1-5,14-15H,6-12H2. The highest BCUT2D eigenvalue weighted by atomic mass is 16.5. The van der Waals surface area contributed by atoms with Gasteiger partial charge < -0.3 is 9.47 Å². The summed E-state index contributed by atoms with van der Waals surface area (Å²) in [6.45, 7) is 4.73. The molecular weight excluding hydrogens is 226 g/mol. The van der Waals surface area contributed by atoms with E-state index in [1.165, 1.54) is 18.4 Å². The second-order valence-electron chi connectivity index (χ2n) is 5.19. The lowest BCUT2D eigenvalue weighted by Crippen LogP contribution is -2.52. The molecule has 1 aromatic rings. The Morgan fingerprint density at radius 1 is 1.11 bits per heavy atom. The molecule has 98 valence electrons. The van der Waals surface area contributed by atoms with Crippen molar-refractivity contribution in [2.45, 2.75) is 31.6 Å². The number of rotatable bonds is 4. The molecule has 1 saturated carbocycles. The van der Waals surface area contributed by atoms with Crippen molar-refractivity contribution in [1.29, 1.82) is 0 Å². The second-order valence-corrected chi connectivity index (χ2v) is 5.19. The van der Waals surface area contributed by atoms with Crippen LogP contribution in [-0.2, 0) is 16.1 Å². The van der Waals surface area contributed by atoms with Gasteiger partial charge in [-0.05, 0) is 18.4 Å². The van der Waals surface area contributed by atoms with E-state index in [0.717, 1.165) is 39.0 Å². The van der Waals surface area contributed by atoms with E-state index >= 15 is 0 Å². The molecule has 0 aromatic heterocycles. The summed E-state index contributed by atoms with van der Waals surface area (Å²) in [7, 11) is 0. The quantitative estimate of drug-likeness (QED) is 0.813. The molecule has 2 aliphatic rings. The summed E-state index contributed by atoms with van der Waals surface area (Å²) in [5.41, 5.74) is 1.27. The molecule has 1 saturated heterocycles. The molecule has 18 heavy (non-hydrogen) atoms. The van der Waals surface area contributed by atoms with Gasteiger partial charge in [-0.15, -0.1) is 0 Å². The molecule has 0 bridgehead atoms. The molecule has 3 heteroatoms. The Kier molecular flexibility index (Phi) is 3.93. The lowest BCUT2D eigenvalue weighted by atomic mass is 9.87. The Hall–Kier alpha value is -0.900. The maximum absolute atomic E-state index is 5.93. The molecule has 2 fully saturated rings. The fraction of sp³-hybridized carbons (Fsp3) is 0.600. The highest BCUT2D eigenvalue weighted by molar-refractivity contribution is 5.13. The van der Waals surface area contributed by atoms with Crippen LogP contribution in [0.15, 0.2) is 30.3 Å². The molecular formula is C15H21NO2. The molecule has 0 amide bonds. The van der Waals surface area contributed by atoms with Crippen molar-refractivity contribution < 1.29 is 9.47 Å². The van der Waals surface area contributed by atoms with E-state index in [1.54, 1.807) is 0 Å². The Balaban J connectivity index is 1.37. The van der Waals surface area contributed by atoms with E-state index in [0.29, 0.717) is 6.10 Å². The maximum atomic E-state index is 5.93. The molecule has 0 spiro atoms. The van der Waals surface area contributed by atoms with Crippen molar-refractivity contribution >= 4 is 0 Å². The van der Waals surface area contributed by atoms with Crippen LogP contribution >= 0.6 is 0 Å². The molecule has 0 atom stereocenters. The average Bonchev–Trinajstić information content (AvgIpc) is 2.39. The summed E-state index contributed by atoms with van der Waals surface area (Å²) in [5.74, 6) is 0. The lowest BCUT2D eigenvalue weighted by Gasteiger charge is -2.44. The van der Waals surface area contributed by atoms with Crippen LogP contribution in [0.1, 0.15) is 18.4 Å². The van der Waals surface area contributed by atoms with E-state index in [1.807, 2.05) is 6.07 Å². The van der Waals surface area contributed by atoms with Crippen molar-refractivity contribution in [2.24, 2.45) is 0 Å². The van der Waals surface area contributed by atoms with Crippen molar-refractivity contribution in [3.63, 3.8) is 0 Å². The van der Waals surface area contributed by atoms with Crippen LogP contribution in [0.4, 0.5) is 0 Å². The topological polar surface area (TPSA) is 21.7 Å². The SMILES string of the molecule is c1ccc(COC2CC(N3CCOCC3)C2)cc1. The zero-order valence-corrected chi connectivity index (χ0v) is 10.8. The highest BCUT2D eigenvalue weighted by Crippen LogP contribution is 2.29. The van der Waals surface area contributed by atoms with Gasteiger partial charge in [0.1, 0.15) is 0 Å². The van der Waals surface area contributed by atoms with Crippen molar-refractivity contribution in [3.8, 4) is 0 Å². The number of hydrogen-bond donors (Lipinski definition) is 0. The number of benzene rings is 1. The fourth-order valence-electron chi connectivity index (χ4n) is 2.70. The van der Waals surface area contributed by atoms with Crippen LogP contribution in [0.25, 0.3) is 0 Å². The van der Waals surface area contributed by atoms with Gasteiger partial charge in [0.15, 0.2) is 0 Å². The predicted molar refractivity (Wildman–Crippen MR) is 70.4 cm³/mol. The minimum atomic E-state index is 0.457. The smallest absolute Gasteiger partial charge is 0.0720 e. The lowest BCUT2D eigenvalue weighted by molar-refractivity contribution is -0.0801. The third-order valence-electron chi connectivity index (χ3n) is 3.96. The summed E-state index contributed by atoms with van der Waals surface area (Å²) in [6, 6.07) is 11.2. The van der Waals surface area contributed by atoms with Gasteiger partial charge in [-0.3, -0.25) is 4.90 Å². The Labute approximate surface area is 109 Å². The van der Waals surface area contributed by atoms with Crippen LogP contribution in [0, 0.1) is 0 Å². The first kappa shape index (κ1) is 12.2. The first-order chi connectivity index (χ1) is 8.92. The van der Waals surface area contributed by atoms with Crippen molar-refractivity contribution in [2.75, 3.05) is 26.3 Å². The number of nitrogens with zero attached hydrogens (tertiary/aromatic N) is 1. The molecule has 0 unspecified atom stereocenters. The minimum absolute atomic E-state index is 0.457. The molecule has 3 nitrogen and oxygen atoms in total. The first-order valence-electron chi connectivity index (χ1n) is 6.89.